The third-order valence-corrected chi connectivity index (χ3v) is 2.16. The van der Waals surface area contributed by atoms with Gasteiger partial charge < -0.3 is 0 Å². The third kappa shape index (κ3) is 9.66. The molecule has 0 unspecified atom stereocenters. The molecule has 0 aromatic carbocycles. The standard InChI is InChI=1S/2C3H5.ClH.Pd/c2*1-3-2;;/h2*3H,1-2H2;1H;. The van der Waals surface area contributed by atoms with E-state index in [-0.39, 0.29) is 12.4 Å². The first-order valence-corrected chi connectivity index (χ1v) is 4.28. The van der Waals surface area contributed by atoms with Gasteiger partial charge in [0.05, 0.1) is 0 Å². The Morgan fingerprint density at radius 3 is 1.75 bits per heavy atom. The fraction of sp³-hybridized carbons (Fsp3) is 0.333. The van der Waals surface area contributed by atoms with Crippen molar-refractivity contribution in [3.05, 3.63) is 25.3 Å². The van der Waals surface area contributed by atoms with E-state index in [1.807, 2.05) is 12.2 Å². The largest absolute Gasteiger partial charge is 0.147 e. The van der Waals surface area contributed by atoms with E-state index >= 15 is 0 Å². The maximum Gasteiger partial charge on any atom is -0.147 e. The molecule has 0 aliphatic carbocycles. The third-order valence-electron chi connectivity index (χ3n) is 0.365. The molecule has 0 atom stereocenters. The van der Waals surface area contributed by atoms with Gasteiger partial charge in [-0.05, 0) is 0 Å². The molecule has 0 amide bonds. The Labute approximate surface area is 65.6 Å². The Morgan fingerprint density at radius 1 is 1.12 bits per heavy atom. The molecule has 8 heavy (non-hydrogen) atoms. The normalized spacial score (nSPS) is 7.50. The average molecular weight is 225 g/mol. The molecule has 0 bridgehead atoms. The molecule has 0 aromatic rings. The van der Waals surface area contributed by atoms with Gasteiger partial charge in [0.2, 0.25) is 0 Å². The second-order valence-corrected chi connectivity index (χ2v) is 3.04. The Balaban J connectivity index is 0. The molecule has 0 fully saturated rings. The minimum Gasteiger partial charge on any atom is -0.147 e. The van der Waals surface area contributed by atoms with Crippen molar-refractivity contribution in [1.29, 1.82) is 0 Å². The zero-order valence-corrected chi connectivity index (χ0v) is 7.08. The monoisotopic (exact) mass is 224 g/mol. The van der Waals surface area contributed by atoms with Crippen LogP contribution < -0.4 is 0 Å². The van der Waals surface area contributed by atoms with Crippen LogP contribution in [0.1, 0.15) is 0 Å². The second-order valence-electron chi connectivity index (χ2n) is 0.994. The van der Waals surface area contributed by atoms with Gasteiger partial charge in [-0.25, -0.2) is 0 Å². The quantitative estimate of drug-likeness (QED) is 0.392. The Morgan fingerprint density at radius 2 is 1.50 bits per heavy atom. The summed E-state index contributed by atoms with van der Waals surface area (Å²) in [7, 11) is 0. The summed E-state index contributed by atoms with van der Waals surface area (Å²) in [5.74, 6) is 0. The zero-order chi connectivity index (χ0) is 5.54. The first-order chi connectivity index (χ1) is 3.41. The minimum absolute atomic E-state index is 0. The van der Waals surface area contributed by atoms with Gasteiger partial charge in [0.1, 0.15) is 0 Å². The van der Waals surface area contributed by atoms with E-state index in [0.717, 1.165) is 18.0 Å². The van der Waals surface area contributed by atoms with Crippen molar-refractivity contribution in [2.45, 2.75) is 9.79 Å². The Kier molecular flexibility index (Phi) is 14.7. The summed E-state index contributed by atoms with van der Waals surface area (Å²) < 4.78 is 0. The van der Waals surface area contributed by atoms with Gasteiger partial charge in [0.25, 0.3) is 0 Å². The smallest absolute Gasteiger partial charge is 0.147 e. The van der Waals surface area contributed by atoms with E-state index in [9.17, 15) is 0 Å². The van der Waals surface area contributed by atoms with E-state index in [4.69, 9.17) is 0 Å². The maximum atomic E-state index is 3.61. The van der Waals surface area contributed by atoms with Crippen molar-refractivity contribution in [1.82, 2.24) is 0 Å². The van der Waals surface area contributed by atoms with Gasteiger partial charge in [-0.3, -0.25) is 0 Å². The van der Waals surface area contributed by atoms with Crippen LogP contribution in [0.4, 0.5) is 0 Å². The zero-order valence-electron chi connectivity index (χ0n) is 4.71. The van der Waals surface area contributed by atoms with E-state index in [1.54, 1.807) is 0 Å². The van der Waals surface area contributed by atoms with Crippen LogP contribution in [-0.2, 0) is 18.0 Å². The molecular formula is C6H11ClPd. The summed E-state index contributed by atoms with van der Waals surface area (Å²) in [5.41, 5.74) is 0. The Bertz CT molecular complexity index is 53.5. The van der Waals surface area contributed by atoms with E-state index in [2.05, 4.69) is 13.2 Å². The van der Waals surface area contributed by atoms with Crippen LogP contribution in [0.25, 0.3) is 0 Å². The van der Waals surface area contributed by atoms with E-state index < -0.39 is 0 Å². The number of halogens is 1. The molecule has 2 heteroatoms. The maximum absolute atomic E-state index is 3.61. The van der Waals surface area contributed by atoms with Crippen LogP contribution in [0.3, 0.4) is 0 Å². The predicted octanol–water partition coefficient (Wildman–Crippen LogP) is 2.70. The van der Waals surface area contributed by atoms with Crippen molar-refractivity contribution >= 4 is 12.4 Å². The molecule has 0 N–H and O–H groups in total. The van der Waals surface area contributed by atoms with Crippen LogP contribution in [0, 0.1) is 0 Å². The summed E-state index contributed by atoms with van der Waals surface area (Å²) in [6, 6.07) is 0. The molecule has 0 radical (unpaired) electrons. The molecule has 0 rings (SSSR count). The van der Waals surface area contributed by atoms with Gasteiger partial charge >= 0.3 is 53.1 Å². The van der Waals surface area contributed by atoms with E-state index in [0.29, 0.717) is 0 Å². The number of allylic oxidation sites excluding steroid dienone is 2. The SMILES string of the molecule is C=C[CH2][Pd][CH2]C=C.Cl. The number of rotatable bonds is 4. The number of hydrogen-bond acceptors (Lipinski definition) is 0. The first-order valence-electron chi connectivity index (χ1n) is 2.08. The Hall–Kier alpha value is 0.432. The van der Waals surface area contributed by atoms with Gasteiger partial charge in [-0.2, -0.15) is 0 Å². The summed E-state index contributed by atoms with van der Waals surface area (Å²) in [6.45, 7) is 7.22. The van der Waals surface area contributed by atoms with Gasteiger partial charge in [-0.1, -0.05) is 0 Å². The van der Waals surface area contributed by atoms with Crippen molar-refractivity contribution in [3.8, 4) is 0 Å². The first kappa shape index (κ1) is 11.3. The fourth-order valence-corrected chi connectivity index (χ4v) is 1.08. The molecule has 0 spiro atoms. The summed E-state index contributed by atoms with van der Waals surface area (Å²) in [5, 5.41) is 0. The molecule has 0 saturated heterocycles. The van der Waals surface area contributed by atoms with Gasteiger partial charge in [-0.15, -0.1) is 12.4 Å². The van der Waals surface area contributed by atoms with Crippen LogP contribution in [0.5, 0.6) is 0 Å². The molecule has 0 saturated carbocycles. The minimum atomic E-state index is 0. The van der Waals surface area contributed by atoms with Gasteiger partial charge in [0, 0.05) is 0 Å². The van der Waals surface area contributed by atoms with E-state index in [1.165, 1.54) is 9.79 Å². The second kappa shape index (κ2) is 10.4. The molecule has 0 nitrogen and oxygen atoms in total. The van der Waals surface area contributed by atoms with Crippen molar-refractivity contribution in [3.63, 3.8) is 0 Å². The molecule has 0 heterocycles. The predicted molar refractivity (Wildman–Crippen MR) is 37.3 cm³/mol. The summed E-state index contributed by atoms with van der Waals surface area (Å²) in [4.78, 5) is 2.33. The van der Waals surface area contributed by atoms with Crippen molar-refractivity contribution < 1.29 is 18.0 Å². The molecule has 0 aliphatic rings. The average Bonchev–Trinajstić information content (AvgIpc) is 1.69. The molecular weight excluding hydrogens is 214 g/mol. The van der Waals surface area contributed by atoms with Crippen LogP contribution in [-0.4, -0.2) is 0 Å². The van der Waals surface area contributed by atoms with Crippen LogP contribution in [0.15, 0.2) is 25.3 Å². The number of hydrogen-bond donors (Lipinski definition) is 0. The van der Waals surface area contributed by atoms with Gasteiger partial charge in [0.15, 0.2) is 0 Å². The molecule has 0 aromatic heterocycles. The molecule has 0 aliphatic heterocycles. The molecule has 52 valence electrons. The van der Waals surface area contributed by atoms with Crippen LogP contribution in [0.2, 0.25) is 9.79 Å². The van der Waals surface area contributed by atoms with Crippen LogP contribution >= 0.6 is 12.4 Å². The van der Waals surface area contributed by atoms with Crippen molar-refractivity contribution in [2.75, 3.05) is 0 Å². The summed E-state index contributed by atoms with van der Waals surface area (Å²) >= 11 is 0.832. The van der Waals surface area contributed by atoms with Crippen molar-refractivity contribution in [2.24, 2.45) is 0 Å². The topological polar surface area (TPSA) is 0 Å². The summed E-state index contributed by atoms with van der Waals surface area (Å²) in [6.07, 6.45) is 3.91. The fourth-order valence-electron chi connectivity index (χ4n) is 0.182.